The first kappa shape index (κ1) is 13.2. The van der Waals surface area contributed by atoms with Crippen LogP contribution in [-0.2, 0) is 18.8 Å². The van der Waals surface area contributed by atoms with Gasteiger partial charge in [0.1, 0.15) is 11.5 Å². The molecule has 0 aliphatic carbocycles. The summed E-state index contributed by atoms with van der Waals surface area (Å²) in [5.41, 5.74) is 1.20. The fourth-order valence-corrected chi connectivity index (χ4v) is 2.17. The van der Waals surface area contributed by atoms with E-state index in [2.05, 4.69) is 16.7 Å². The maximum atomic E-state index is 5.67. The van der Waals surface area contributed by atoms with Crippen molar-refractivity contribution in [1.29, 1.82) is 0 Å². The third kappa shape index (κ3) is 3.92. The van der Waals surface area contributed by atoms with Crippen molar-refractivity contribution in [2.75, 3.05) is 12.8 Å². The van der Waals surface area contributed by atoms with E-state index in [1.54, 1.807) is 11.8 Å². The Labute approximate surface area is 112 Å². The van der Waals surface area contributed by atoms with Crippen LogP contribution in [-0.4, -0.2) is 22.6 Å². The summed E-state index contributed by atoms with van der Waals surface area (Å²) in [6.07, 6.45) is 6.00. The van der Waals surface area contributed by atoms with Gasteiger partial charge in [-0.25, -0.2) is 0 Å². The molecule has 0 bridgehead atoms. The van der Waals surface area contributed by atoms with Gasteiger partial charge in [0.05, 0.1) is 25.0 Å². The van der Waals surface area contributed by atoms with Crippen LogP contribution < -0.4 is 5.32 Å². The second-order valence-electron chi connectivity index (χ2n) is 4.26. The van der Waals surface area contributed by atoms with Crippen LogP contribution in [0.3, 0.4) is 0 Å². The highest BCUT2D eigenvalue weighted by Crippen LogP contribution is 2.13. The van der Waals surface area contributed by atoms with Crippen LogP contribution in [0.25, 0.3) is 0 Å². The van der Waals surface area contributed by atoms with Gasteiger partial charge in [-0.15, -0.1) is 0 Å². The Morgan fingerprint density at radius 3 is 2.94 bits per heavy atom. The number of hydrogen-bond donors (Lipinski definition) is 1. The molecule has 2 heterocycles. The molecule has 0 radical (unpaired) electrons. The molecule has 0 spiro atoms. The molecule has 0 fully saturated rings. The highest BCUT2D eigenvalue weighted by atomic mass is 32.2. The molecule has 2 rings (SSSR count). The minimum Gasteiger partial charge on any atom is -0.464 e. The van der Waals surface area contributed by atoms with Gasteiger partial charge in [0.15, 0.2) is 0 Å². The van der Waals surface area contributed by atoms with Crippen molar-refractivity contribution in [3.63, 3.8) is 0 Å². The molecule has 0 saturated heterocycles. The smallest absolute Gasteiger partial charge is 0.118 e. The van der Waals surface area contributed by atoms with E-state index in [0.717, 1.165) is 36.9 Å². The summed E-state index contributed by atoms with van der Waals surface area (Å²) in [5, 5.41) is 7.59. The van der Waals surface area contributed by atoms with Gasteiger partial charge in [-0.1, -0.05) is 0 Å². The lowest BCUT2D eigenvalue weighted by Crippen LogP contribution is -2.19. The van der Waals surface area contributed by atoms with E-state index in [4.69, 9.17) is 4.42 Å². The number of aryl methyl sites for hydroxylation is 1. The van der Waals surface area contributed by atoms with Gasteiger partial charge >= 0.3 is 0 Å². The Morgan fingerprint density at radius 2 is 2.22 bits per heavy atom. The van der Waals surface area contributed by atoms with Crippen LogP contribution in [0.2, 0.25) is 0 Å². The highest BCUT2D eigenvalue weighted by Gasteiger charge is 2.01. The predicted molar refractivity (Wildman–Crippen MR) is 74.6 cm³/mol. The first-order valence-corrected chi connectivity index (χ1v) is 7.43. The van der Waals surface area contributed by atoms with Crippen molar-refractivity contribution in [3.05, 3.63) is 41.6 Å². The average molecular weight is 265 g/mol. The second-order valence-corrected chi connectivity index (χ2v) is 5.12. The number of nitrogens with one attached hydrogen (secondary N) is 1. The number of nitrogens with zero attached hydrogens (tertiary/aromatic N) is 2. The second kappa shape index (κ2) is 6.66. The Balaban J connectivity index is 1.68. The molecule has 0 aromatic carbocycles. The molecule has 0 unspecified atom stereocenters. The first-order valence-electron chi connectivity index (χ1n) is 6.04. The molecule has 4 nitrogen and oxygen atoms in total. The minimum atomic E-state index is 0.772. The summed E-state index contributed by atoms with van der Waals surface area (Å²) in [6.45, 7) is 4.59. The number of aromatic nitrogens is 2. The van der Waals surface area contributed by atoms with Gasteiger partial charge in [-0.2, -0.15) is 16.9 Å². The molecule has 0 atom stereocenters. The molecule has 0 saturated carbocycles. The molecular weight excluding hydrogens is 246 g/mol. The van der Waals surface area contributed by atoms with E-state index >= 15 is 0 Å². The Kier molecular flexibility index (Phi) is 4.90. The van der Waals surface area contributed by atoms with Crippen LogP contribution in [0.5, 0.6) is 0 Å². The molecular formula is C13H19N3OS. The van der Waals surface area contributed by atoms with Gasteiger partial charge < -0.3 is 9.73 Å². The molecule has 0 aliphatic rings. The lowest BCUT2D eigenvalue weighted by atomic mass is 10.4. The zero-order chi connectivity index (χ0) is 12.8. The van der Waals surface area contributed by atoms with Crippen LogP contribution in [0.1, 0.15) is 17.1 Å². The molecule has 2 aromatic heterocycles. The average Bonchev–Trinajstić information content (AvgIpc) is 2.95. The summed E-state index contributed by atoms with van der Waals surface area (Å²) < 4.78 is 7.62. The first-order chi connectivity index (χ1) is 8.78. The van der Waals surface area contributed by atoms with Crippen molar-refractivity contribution < 1.29 is 4.42 Å². The SMILES string of the molecule is CSCc1ccc(CNCCn2cc(C)cn2)o1. The zero-order valence-corrected chi connectivity index (χ0v) is 11.7. The van der Waals surface area contributed by atoms with Gasteiger partial charge in [-0.3, -0.25) is 4.68 Å². The Morgan fingerprint density at radius 1 is 1.39 bits per heavy atom. The normalized spacial score (nSPS) is 11.0. The van der Waals surface area contributed by atoms with Crippen molar-refractivity contribution in [2.24, 2.45) is 0 Å². The summed E-state index contributed by atoms with van der Waals surface area (Å²) in [6, 6.07) is 4.08. The lowest BCUT2D eigenvalue weighted by molar-refractivity contribution is 0.451. The van der Waals surface area contributed by atoms with Gasteiger partial charge in [0, 0.05) is 12.7 Å². The van der Waals surface area contributed by atoms with Crippen LogP contribution in [0, 0.1) is 6.92 Å². The molecule has 2 aromatic rings. The van der Waals surface area contributed by atoms with Gasteiger partial charge in [-0.05, 0) is 30.9 Å². The topological polar surface area (TPSA) is 43.0 Å². The van der Waals surface area contributed by atoms with Crippen molar-refractivity contribution in [1.82, 2.24) is 15.1 Å². The van der Waals surface area contributed by atoms with Crippen LogP contribution >= 0.6 is 11.8 Å². The van der Waals surface area contributed by atoms with Crippen molar-refractivity contribution >= 4 is 11.8 Å². The molecule has 1 N–H and O–H groups in total. The Bertz CT molecular complexity index is 478. The monoisotopic (exact) mass is 265 g/mol. The maximum absolute atomic E-state index is 5.67. The molecule has 5 heteroatoms. The van der Waals surface area contributed by atoms with Crippen LogP contribution in [0.4, 0.5) is 0 Å². The molecule has 98 valence electrons. The van der Waals surface area contributed by atoms with E-state index in [9.17, 15) is 0 Å². The van der Waals surface area contributed by atoms with E-state index in [1.807, 2.05) is 36.1 Å². The minimum absolute atomic E-state index is 0.772. The summed E-state index contributed by atoms with van der Waals surface area (Å²) in [4.78, 5) is 0. The number of thioether (sulfide) groups is 1. The van der Waals surface area contributed by atoms with Crippen molar-refractivity contribution in [2.45, 2.75) is 25.8 Å². The molecule has 0 aliphatic heterocycles. The zero-order valence-electron chi connectivity index (χ0n) is 10.8. The Hall–Kier alpha value is -1.20. The summed E-state index contributed by atoms with van der Waals surface area (Å²) >= 11 is 1.77. The van der Waals surface area contributed by atoms with Crippen molar-refractivity contribution in [3.8, 4) is 0 Å². The van der Waals surface area contributed by atoms with Gasteiger partial charge in [0.2, 0.25) is 0 Å². The maximum Gasteiger partial charge on any atom is 0.118 e. The van der Waals surface area contributed by atoms with Gasteiger partial charge in [0.25, 0.3) is 0 Å². The number of furan rings is 1. The predicted octanol–water partition coefficient (Wildman–Crippen LogP) is 2.44. The third-order valence-corrected chi connectivity index (χ3v) is 3.16. The molecule has 18 heavy (non-hydrogen) atoms. The third-order valence-electron chi connectivity index (χ3n) is 2.58. The molecule has 0 amide bonds. The van der Waals surface area contributed by atoms with E-state index in [0.29, 0.717) is 0 Å². The van der Waals surface area contributed by atoms with Crippen LogP contribution in [0.15, 0.2) is 28.9 Å². The highest BCUT2D eigenvalue weighted by molar-refractivity contribution is 7.97. The summed E-state index contributed by atoms with van der Waals surface area (Å²) in [7, 11) is 0. The largest absolute Gasteiger partial charge is 0.464 e. The standard InChI is InChI=1S/C13H19N3OS/c1-11-7-15-16(9-11)6-5-14-8-12-3-4-13(17-12)10-18-2/h3-4,7,9,14H,5-6,8,10H2,1-2H3. The number of rotatable bonds is 7. The fraction of sp³-hybridized carbons (Fsp3) is 0.462. The summed E-state index contributed by atoms with van der Waals surface area (Å²) in [5.74, 6) is 2.98. The number of hydrogen-bond acceptors (Lipinski definition) is 4. The van der Waals surface area contributed by atoms with E-state index in [-0.39, 0.29) is 0 Å². The van der Waals surface area contributed by atoms with E-state index in [1.165, 1.54) is 5.56 Å². The fourth-order valence-electron chi connectivity index (χ4n) is 1.73. The quantitative estimate of drug-likeness (QED) is 0.781. The lowest BCUT2D eigenvalue weighted by Gasteiger charge is -2.03. The van der Waals surface area contributed by atoms with E-state index < -0.39 is 0 Å².